The van der Waals surface area contributed by atoms with Gasteiger partial charge in [0.1, 0.15) is 5.75 Å². The van der Waals surface area contributed by atoms with Gasteiger partial charge in [0, 0.05) is 30.9 Å². The fraction of sp³-hybridized carbons (Fsp3) is 0.619. The number of hydrogen-bond donors (Lipinski definition) is 3. The molecule has 2 aliphatic rings. The molecule has 1 aromatic carbocycles. The maximum atomic E-state index is 12.6. The van der Waals surface area contributed by atoms with Crippen molar-refractivity contribution in [1.82, 2.24) is 10.2 Å². The van der Waals surface area contributed by atoms with E-state index in [0.717, 1.165) is 38.5 Å². The molecule has 0 spiro atoms. The Hall–Kier alpha value is -2.28. The van der Waals surface area contributed by atoms with Crippen LogP contribution in [0.2, 0.25) is 0 Å². The van der Waals surface area contributed by atoms with Gasteiger partial charge in [-0.25, -0.2) is 4.79 Å². The van der Waals surface area contributed by atoms with Crippen molar-refractivity contribution in [3.63, 3.8) is 0 Å². The third kappa shape index (κ3) is 4.95. The molecular weight excluding hydrogens is 356 g/mol. The van der Waals surface area contributed by atoms with Crippen molar-refractivity contribution < 1.29 is 14.3 Å². The van der Waals surface area contributed by atoms with Crippen molar-refractivity contribution in [2.45, 2.75) is 63.1 Å². The Morgan fingerprint density at radius 1 is 1.18 bits per heavy atom. The lowest BCUT2D eigenvalue weighted by Gasteiger charge is -2.38. The van der Waals surface area contributed by atoms with E-state index >= 15 is 0 Å². The van der Waals surface area contributed by atoms with E-state index in [9.17, 15) is 9.59 Å². The number of carbonyl (C=O) groups excluding carboxylic acids is 2. The lowest BCUT2D eigenvalue weighted by atomic mass is 9.81. The molecule has 2 fully saturated rings. The van der Waals surface area contributed by atoms with Crippen LogP contribution in [0.3, 0.4) is 0 Å². The average molecular weight is 389 g/mol. The van der Waals surface area contributed by atoms with Crippen molar-refractivity contribution in [2.75, 3.05) is 19.5 Å². The number of carbonyl (C=O) groups is 2. The molecule has 28 heavy (non-hydrogen) atoms. The maximum Gasteiger partial charge on any atom is 0.319 e. The SMILES string of the molecule is COc1cccc(NC(=O)NC2CCC([C@H](N)C(=O)N(C)C3CCC3)CC2)c1. The van der Waals surface area contributed by atoms with E-state index in [1.165, 1.54) is 6.42 Å². The van der Waals surface area contributed by atoms with Crippen LogP contribution in [0.15, 0.2) is 24.3 Å². The molecule has 3 rings (SSSR count). The summed E-state index contributed by atoms with van der Waals surface area (Å²) in [5.74, 6) is 0.954. The van der Waals surface area contributed by atoms with E-state index in [-0.39, 0.29) is 23.9 Å². The van der Waals surface area contributed by atoms with E-state index in [1.807, 2.05) is 30.1 Å². The van der Waals surface area contributed by atoms with Crippen LogP contribution in [0.4, 0.5) is 10.5 Å². The zero-order valence-corrected chi connectivity index (χ0v) is 16.8. The molecule has 4 N–H and O–H groups in total. The highest BCUT2D eigenvalue weighted by Crippen LogP contribution is 2.29. The molecule has 0 bridgehead atoms. The Kier molecular flexibility index (Phi) is 6.78. The standard InChI is InChI=1S/C21H32N4O3/c1-25(17-6-4-7-17)20(26)19(22)14-9-11-15(12-10-14)23-21(27)24-16-5-3-8-18(13-16)28-2/h3,5,8,13-15,17,19H,4,6-7,9-12,22H2,1-2H3,(H2,23,24,27)/t14?,15?,19-/m0/s1. The molecule has 0 heterocycles. The van der Waals surface area contributed by atoms with E-state index in [2.05, 4.69) is 10.6 Å². The molecule has 2 aliphatic carbocycles. The molecule has 2 saturated carbocycles. The third-order valence-electron chi connectivity index (χ3n) is 6.20. The second kappa shape index (κ2) is 9.28. The number of benzene rings is 1. The van der Waals surface area contributed by atoms with Crippen LogP contribution >= 0.6 is 0 Å². The summed E-state index contributed by atoms with van der Waals surface area (Å²) >= 11 is 0. The van der Waals surface area contributed by atoms with Gasteiger partial charge in [0.15, 0.2) is 0 Å². The molecule has 1 aromatic rings. The van der Waals surface area contributed by atoms with Crippen molar-refractivity contribution >= 4 is 17.6 Å². The summed E-state index contributed by atoms with van der Waals surface area (Å²) in [5, 5.41) is 5.87. The monoisotopic (exact) mass is 388 g/mol. The number of nitrogens with two attached hydrogens (primary N) is 1. The summed E-state index contributed by atoms with van der Waals surface area (Å²) in [6, 6.07) is 7.09. The van der Waals surface area contributed by atoms with Crippen molar-refractivity contribution in [3.8, 4) is 5.75 Å². The van der Waals surface area contributed by atoms with Gasteiger partial charge in [-0.15, -0.1) is 0 Å². The molecule has 0 aliphatic heterocycles. The number of anilines is 1. The Morgan fingerprint density at radius 3 is 2.50 bits per heavy atom. The zero-order chi connectivity index (χ0) is 20.1. The molecule has 1 atom stereocenters. The number of rotatable bonds is 6. The van der Waals surface area contributed by atoms with Gasteiger partial charge in [-0.05, 0) is 63.0 Å². The minimum atomic E-state index is -0.433. The van der Waals surface area contributed by atoms with Crippen LogP contribution in [0.5, 0.6) is 5.75 Å². The predicted molar refractivity (Wildman–Crippen MR) is 109 cm³/mol. The van der Waals surface area contributed by atoms with Crippen molar-refractivity contribution in [2.24, 2.45) is 11.7 Å². The first-order chi connectivity index (χ1) is 13.5. The minimum absolute atomic E-state index is 0.0666. The lowest BCUT2D eigenvalue weighted by Crippen LogP contribution is -2.52. The van der Waals surface area contributed by atoms with E-state index < -0.39 is 6.04 Å². The van der Waals surface area contributed by atoms with Crippen LogP contribution < -0.4 is 21.1 Å². The summed E-state index contributed by atoms with van der Waals surface area (Å²) in [6.45, 7) is 0. The second-order valence-corrected chi connectivity index (χ2v) is 8.00. The van der Waals surface area contributed by atoms with E-state index in [4.69, 9.17) is 10.5 Å². The minimum Gasteiger partial charge on any atom is -0.497 e. The molecule has 7 nitrogen and oxygen atoms in total. The van der Waals surface area contributed by atoms with Crippen LogP contribution in [0, 0.1) is 5.92 Å². The van der Waals surface area contributed by atoms with Crippen LogP contribution in [0.25, 0.3) is 0 Å². The molecule has 0 radical (unpaired) electrons. The number of nitrogens with one attached hydrogen (secondary N) is 2. The second-order valence-electron chi connectivity index (χ2n) is 8.00. The number of likely N-dealkylation sites (N-methyl/N-ethyl adjacent to an activating group) is 1. The first-order valence-corrected chi connectivity index (χ1v) is 10.2. The van der Waals surface area contributed by atoms with E-state index in [1.54, 1.807) is 13.2 Å². The highest BCUT2D eigenvalue weighted by Gasteiger charge is 2.34. The largest absolute Gasteiger partial charge is 0.497 e. The van der Waals surface area contributed by atoms with Gasteiger partial charge in [0.05, 0.1) is 13.2 Å². The quantitative estimate of drug-likeness (QED) is 0.698. The lowest BCUT2D eigenvalue weighted by molar-refractivity contribution is -0.136. The molecule has 0 aromatic heterocycles. The molecular formula is C21H32N4O3. The fourth-order valence-electron chi connectivity index (χ4n) is 4.07. The molecule has 7 heteroatoms. The van der Waals surface area contributed by atoms with Gasteiger partial charge in [-0.3, -0.25) is 4.79 Å². The first kappa shape index (κ1) is 20.5. The van der Waals surface area contributed by atoms with Gasteiger partial charge < -0.3 is 26.0 Å². The van der Waals surface area contributed by atoms with Gasteiger partial charge >= 0.3 is 6.03 Å². The van der Waals surface area contributed by atoms with Crippen molar-refractivity contribution in [1.29, 1.82) is 0 Å². The van der Waals surface area contributed by atoms with E-state index in [0.29, 0.717) is 17.5 Å². The number of nitrogens with zero attached hydrogens (tertiary/aromatic N) is 1. The van der Waals surface area contributed by atoms with Gasteiger partial charge in [-0.2, -0.15) is 0 Å². The predicted octanol–water partition coefficient (Wildman–Crippen LogP) is 2.71. The van der Waals surface area contributed by atoms with Crippen LogP contribution in [-0.2, 0) is 4.79 Å². The van der Waals surface area contributed by atoms with Crippen LogP contribution in [-0.4, -0.2) is 49.1 Å². The summed E-state index contributed by atoms with van der Waals surface area (Å²) < 4.78 is 5.17. The van der Waals surface area contributed by atoms with Crippen molar-refractivity contribution in [3.05, 3.63) is 24.3 Å². The number of ether oxygens (including phenoxy) is 1. The van der Waals surface area contributed by atoms with Gasteiger partial charge in [0.2, 0.25) is 5.91 Å². The molecule has 3 amide bonds. The molecule has 154 valence electrons. The molecule has 0 unspecified atom stereocenters. The Morgan fingerprint density at radius 2 is 1.89 bits per heavy atom. The average Bonchev–Trinajstić information content (AvgIpc) is 2.66. The Balaban J connectivity index is 1.43. The number of methoxy groups -OCH3 is 1. The summed E-state index contributed by atoms with van der Waals surface area (Å²) in [7, 11) is 3.47. The topological polar surface area (TPSA) is 96.7 Å². The summed E-state index contributed by atoms with van der Waals surface area (Å²) in [4.78, 5) is 26.7. The smallest absolute Gasteiger partial charge is 0.319 e. The Labute approximate surface area is 167 Å². The normalized spacial score (nSPS) is 23.2. The third-order valence-corrected chi connectivity index (χ3v) is 6.20. The zero-order valence-electron chi connectivity index (χ0n) is 16.8. The summed E-state index contributed by atoms with van der Waals surface area (Å²) in [6.07, 6.45) is 6.77. The molecule has 0 saturated heterocycles. The first-order valence-electron chi connectivity index (χ1n) is 10.2. The van der Waals surface area contributed by atoms with Gasteiger partial charge in [-0.1, -0.05) is 6.07 Å². The van der Waals surface area contributed by atoms with Crippen LogP contribution in [0.1, 0.15) is 44.9 Å². The highest BCUT2D eigenvalue weighted by atomic mass is 16.5. The highest BCUT2D eigenvalue weighted by molar-refractivity contribution is 5.89. The number of amides is 3. The van der Waals surface area contributed by atoms with Gasteiger partial charge in [0.25, 0.3) is 0 Å². The summed E-state index contributed by atoms with van der Waals surface area (Å²) in [5.41, 5.74) is 6.97. The fourth-order valence-corrected chi connectivity index (χ4v) is 4.07. The number of urea groups is 1. The Bertz CT molecular complexity index is 684. The number of hydrogen-bond acceptors (Lipinski definition) is 4. The maximum absolute atomic E-state index is 12.6.